The molecule has 6 nitrogen and oxygen atoms in total. The number of unbranched alkanes of at least 4 members (excludes halogenated alkanes) is 43. The predicted octanol–water partition coefficient (Wildman–Crippen LogP) is 22.0. The number of esters is 3. The van der Waals surface area contributed by atoms with Crippen LogP contribution in [0.15, 0.2) is 36.5 Å². The second kappa shape index (κ2) is 62.2. The number of carbonyl (C=O) groups is 3. The van der Waals surface area contributed by atoms with Gasteiger partial charge in [-0.1, -0.05) is 295 Å². The lowest BCUT2D eigenvalue weighted by atomic mass is 10.0. The van der Waals surface area contributed by atoms with Crippen LogP contribution in [0, 0.1) is 0 Å². The Labute approximate surface area is 455 Å². The molecule has 0 saturated carbocycles. The second-order valence-corrected chi connectivity index (χ2v) is 22.0. The summed E-state index contributed by atoms with van der Waals surface area (Å²) in [5.41, 5.74) is 0. The number of rotatable bonds is 60. The van der Waals surface area contributed by atoms with Crippen molar-refractivity contribution >= 4 is 17.9 Å². The summed E-state index contributed by atoms with van der Waals surface area (Å²) in [5.74, 6) is -0.859. The van der Waals surface area contributed by atoms with Crippen LogP contribution in [0.2, 0.25) is 0 Å². The molecular weight excluding hydrogens is 901 g/mol. The van der Waals surface area contributed by atoms with Gasteiger partial charge in [-0.15, -0.1) is 0 Å². The molecule has 73 heavy (non-hydrogen) atoms. The summed E-state index contributed by atoms with van der Waals surface area (Å²) < 4.78 is 16.9. The summed E-state index contributed by atoms with van der Waals surface area (Å²) in [7, 11) is 0. The van der Waals surface area contributed by atoms with E-state index < -0.39 is 6.10 Å². The van der Waals surface area contributed by atoms with Gasteiger partial charge in [-0.3, -0.25) is 14.4 Å². The summed E-state index contributed by atoms with van der Waals surface area (Å²) in [6.07, 6.45) is 76.0. The Bertz CT molecular complexity index is 1220. The lowest BCUT2D eigenvalue weighted by Crippen LogP contribution is -2.30. The van der Waals surface area contributed by atoms with E-state index in [9.17, 15) is 14.4 Å². The van der Waals surface area contributed by atoms with Gasteiger partial charge in [0.2, 0.25) is 0 Å². The number of hydrogen-bond acceptors (Lipinski definition) is 6. The molecule has 0 radical (unpaired) electrons. The molecule has 1 atom stereocenters. The van der Waals surface area contributed by atoms with Crippen molar-refractivity contribution in [3.63, 3.8) is 0 Å². The summed E-state index contributed by atoms with van der Waals surface area (Å²) in [4.78, 5) is 38.2. The van der Waals surface area contributed by atoms with Crippen LogP contribution in [-0.2, 0) is 28.6 Å². The summed E-state index contributed by atoms with van der Waals surface area (Å²) in [5, 5.41) is 0. The van der Waals surface area contributed by atoms with Gasteiger partial charge in [0.15, 0.2) is 6.10 Å². The van der Waals surface area contributed by atoms with Gasteiger partial charge in [-0.05, 0) is 77.0 Å². The average molecular weight is 1030 g/mol. The van der Waals surface area contributed by atoms with Gasteiger partial charge >= 0.3 is 17.9 Å². The van der Waals surface area contributed by atoms with E-state index in [2.05, 4.69) is 57.2 Å². The van der Waals surface area contributed by atoms with Gasteiger partial charge in [-0.2, -0.15) is 0 Å². The van der Waals surface area contributed by atoms with Gasteiger partial charge in [0, 0.05) is 19.3 Å². The molecule has 0 saturated heterocycles. The van der Waals surface area contributed by atoms with E-state index in [-0.39, 0.29) is 31.1 Å². The van der Waals surface area contributed by atoms with Crippen molar-refractivity contribution in [2.24, 2.45) is 0 Å². The predicted molar refractivity (Wildman–Crippen MR) is 316 cm³/mol. The largest absolute Gasteiger partial charge is 0.462 e. The van der Waals surface area contributed by atoms with Crippen molar-refractivity contribution in [2.45, 2.75) is 361 Å². The number of hydrogen-bond donors (Lipinski definition) is 0. The molecule has 0 aliphatic rings. The van der Waals surface area contributed by atoms with Crippen LogP contribution in [0.4, 0.5) is 0 Å². The molecule has 6 heteroatoms. The molecule has 0 aliphatic carbocycles. The smallest absolute Gasteiger partial charge is 0.306 e. The minimum atomic E-state index is -0.772. The van der Waals surface area contributed by atoms with Crippen molar-refractivity contribution in [2.75, 3.05) is 13.2 Å². The summed E-state index contributed by atoms with van der Waals surface area (Å²) in [6, 6.07) is 0. The Kier molecular flexibility index (Phi) is 60.2. The van der Waals surface area contributed by atoms with Crippen LogP contribution < -0.4 is 0 Å². The van der Waals surface area contributed by atoms with E-state index in [0.717, 1.165) is 70.6 Å². The van der Waals surface area contributed by atoms with Crippen molar-refractivity contribution in [3.05, 3.63) is 36.5 Å². The highest BCUT2D eigenvalue weighted by atomic mass is 16.6. The average Bonchev–Trinajstić information content (AvgIpc) is 3.39. The van der Waals surface area contributed by atoms with Crippen LogP contribution in [0.3, 0.4) is 0 Å². The topological polar surface area (TPSA) is 78.9 Å². The molecule has 0 aromatic rings. The Morgan fingerprint density at radius 2 is 0.493 bits per heavy atom. The van der Waals surface area contributed by atoms with Crippen LogP contribution in [0.5, 0.6) is 0 Å². The first-order chi connectivity index (χ1) is 36.0. The molecular formula is C67H124O6. The molecule has 0 rings (SSSR count). The quantitative estimate of drug-likeness (QED) is 0.0261. The third-order valence-corrected chi connectivity index (χ3v) is 14.6. The van der Waals surface area contributed by atoms with E-state index >= 15 is 0 Å². The van der Waals surface area contributed by atoms with Crippen LogP contribution >= 0.6 is 0 Å². The van der Waals surface area contributed by atoms with E-state index in [0.29, 0.717) is 19.3 Å². The minimum absolute atomic E-state index is 0.0705. The van der Waals surface area contributed by atoms with Gasteiger partial charge in [0.1, 0.15) is 13.2 Å². The molecule has 0 aromatic heterocycles. The molecule has 0 heterocycles. The summed E-state index contributed by atoms with van der Waals surface area (Å²) >= 11 is 0. The first kappa shape index (κ1) is 70.6. The van der Waals surface area contributed by atoms with Gasteiger partial charge in [-0.25, -0.2) is 0 Å². The molecule has 1 unspecified atom stereocenters. The SMILES string of the molecule is CCCCCCC/C=C\C/C=C\CCCCCCCCCCCCCCCCCCCC(=O)OCC(COC(=O)CCCCCCCCCCCC)OC(=O)CCCCCCC/C=C\CCCCCCCCC. The fraction of sp³-hybridized carbons (Fsp3) is 0.866. The van der Waals surface area contributed by atoms with Gasteiger partial charge in [0.25, 0.3) is 0 Å². The van der Waals surface area contributed by atoms with E-state index in [1.807, 2.05) is 0 Å². The standard InChI is InChI=1S/C67H124O6/c1-4-7-10-13-16-19-22-24-26-28-29-30-31-32-33-34-35-36-37-38-39-40-42-43-45-48-51-54-57-60-66(69)72-63-64(62-71-65(68)59-56-53-50-47-21-18-15-12-9-6-3)73-67(70)61-58-55-52-49-46-44-41-27-25-23-20-17-14-11-8-5-2/h22,24,27-29,41,64H,4-21,23,25-26,30-40,42-63H2,1-3H3/b24-22-,29-28-,41-27-. The van der Waals surface area contributed by atoms with Crippen LogP contribution in [-0.4, -0.2) is 37.2 Å². The first-order valence-corrected chi connectivity index (χ1v) is 32.5. The monoisotopic (exact) mass is 1020 g/mol. The maximum atomic E-state index is 12.9. The lowest BCUT2D eigenvalue weighted by molar-refractivity contribution is -0.167. The zero-order valence-electron chi connectivity index (χ0n) is 49.2. The Morgan fingerprint density at radius 3 is 0.767 bits per heavy atom. The zero-order valence-corrected chi connectivity index (χ0v) is 49.2. The highest BCUT2D eigenvalue weighted by molar-refractivity contribution is 5.71. The third kappa shape index (κ3) is 60.4. The molecule has 0 bridgehead atoms. The first-order valence-electron chi connectivity index (χ1n) is 32.5. The van der Waals surface area contributed by atoms with Crippen molar-refractivity contribution < 1.29 is 28.6 Å². The molecule has 0 spiro atoms. The Balaban J connectivity index is 4.12. The molecule has 0 fully saturated rings. The molecule has 0 N–H and O–H groups in total. The number of carbonyl (C=O) groups excluding carboxylic acids is 3. The molecule has 428 valence electrons. The Morgan fingerprint density at radius 1 is 0.274 bits per heavy atom. The highest BCUT2D eigenvalue weighted by Gasteiger charge is 2.19. The van der Waals surface area contributed by atoms with Gasteiger partial charge < -0.3 is 14.2 Å². The normalized spacial score (nSPS) is 12.2. The maximum absolute atomic E-state index is 12.9. The number of allylic oxidation sites excluding steroid dienone is 6. The van der Waals surface area contributed by atoms with E-state index in [1.54, 1.807) is 0 Å². The number of ether oxygens (including phenoxy) is 3. The van der Waals surface area contributed by atoms with Crippen molar-refractivity contribution in [1.29, 1.82) is 0 Å². The van der Waals surface area contributed by atoms with Crippen LogP contribution in [0.25, 0.3) is 0 Å². The fourth-order valence-corrected chi connectivity index (χ4v) is 9.71. The highest BCUT2D eigenvalue weighted by Crippen LogP contribution is 2.17. The van der Waals surface area contributed by atoms with Crippen molar-refractivity contribution in [1.82, 2.24) is 0 Å². The maximum Gasteiger partial charge on any atom is 0.306 e. The van der Waals surface area contributed by atoms with Gasteiger partial charge in [0.05, 0.1) is 0 Å². The summed E-state index contributed by atoms with van der Waals surface area (Å²) in [6.45, 7) is 6.66. The molecule has 0 amide bonds. The zero-order chi connectivity index (χ0) is 52.9. The molecule has 0 aliphatic heterocycles. The second-order valence-electron chi connectivity index (χ2n) is 22.0. The minimum Gasteiger partial charge on any atom is -0.462 e. The fourth-order valence-electron chi connectivity index (χ4n) is 9.71. The van der Waals surface area contributed by atoms with Crippen molar-refractivity contribution in [3.8, 4) is 0 Å². The van der Waals surface area contributed by atoms with Crippen LogP contribution in [0.1, 0.15) is 355 Å². The lowest BCUT2D eigenvalue weighted by Gasteiger charge is -2.18. The third-order valence-electron chi connectivity index (χ3n) is 14.6. The Hall–Kier alpha value is -2.37. The van der Waals surface area contributed by atoms with E-state index in [4.69, 9.17) is 14.2 Å². The molecule has 0 aromatic carbocycles. The van der Waals surface area contributed by atoms with E-state index in [1.165, 1.54) is 244 Å².